The highest BCUT2D eigenvalue weighted by Gasteiger charge is 2.26. The number of halogens is 2. The van der Waals surface area contributed by atoms with Crippen molar-refractivity contribution in [2.24, 2.45) is 10.9 Å². The van der Waals surface area contributed by atoms with E-state index in [1.807, 2.05) is 6.07 Å². The Kier molecular flexibility index (Phi) is 5.64. The van der Waals surface area contributed by atoms with Crippen LogP contribution in [0.5, 0.6) is 0 Å². The van der Waals surface area contributed by atoms with Crippen LogP contribution >= 0.6 is 23.2 Å². The van der Waals surface area contributed by atoms with Crippen molar-refractivity contribution in [3.05, 3.63) is 75.5 Å². The van der Waals surface area contributed by atoms with Crippen molar-refractivity contribution in [2.75, 3.05) is 0 Å². The van der Waals surface area contributed by atoms with E-state index in [0.717, 1.165) is 0 Å². The van der Waals surface area contributed by atoms with Crippen LogP contribution in [0.2, 0.25) is 10.0 Å². The molecule has 0 spiro atoms. The summed E-state index contributed by atoms with van der Waals surface area (Å²) in [6.07, 6.45) is 2.63. The average molecular weight is 450 g/mol. The van der Waals surface area contributed by atoms with Gasteiger partial charge in [0.15, 0.2) is 0 Å². The van der Waals surface area contributed by atoms with E-state index in [-0.39, 0.29) is 26.7 Å². The Bertz CT molecular complexity index is 1260. The van der Waals surface area contributed by atoms with Crippen LogP contribution in [0.3, 0.4) is 0 Å². The third-order valence-electron chi connectivity index (χ3n) is 4.14. The first kappa shape index (κ1) is 20.8. The molecular weight excluding hydrogens is 437 g/mol. The van der Waals surface area contributed by atoms with E-state index in [2.05, 4.69) is 5.10 Å². The number of nitrogens with two attached hydrogens (primary N) is 2. The maximum atomic E-state index is 12.2. The van der Waals surface area contributed by atoms with E-state index in [1.54, 1.807) is 6.07 Å². The van der Waals surface area contributed by atoms with Gasteiger partial charge in [0.1, 0.15) is 11.0 Å². The number of primary amides is 1. The number of primary sulfonamides is 1. The zero-order valence-electron chi connectivity index (χ0n) is 14.6. The van der Waals surface area contributed by atoms with Crippen molar-refractivity contribution in [2.45, 2.75) is 10.8 Å². The number of nitriles is 1. The molecule has 1 atom stereocenters. The van der Waals surface area contributed by atoms with Crippen molar-refractivity contribution < 1.29 is 13.2 Å². The van der Waals surface area contributed by atoms with Crippen molar-refractivity contribution in [1.82, 2.24) is 9.78 Å². The van der Waals surface area contributed by atoms with Crippen LogP contribution in [-0.2, 0) is 14.8 Å². The first-order chi connectivity index (χ1) is 13.6. The second-order valence-electron chi connectivity index (χ2n) is 6.06. The number of sulfonamides is 1. The number of hydrogen-bond acceptors (Lipinski definition) is 5. The molecule has 29 heavy (non-hydrogen) atoms. The Hall–Kier alpha value is -2.90. The molecule has 3 aromatic rings. The summed E-state index contributed by atoms with van der Waals surface area (Å²) in [7, 11) is -4.21. The molecule has 11 heteroatoms. The largest absolute Gasteiger partial charge is 0.369 e. The van der Waals surface area contributed by atoms with Crippen LogP contribution in [0.15, 0.2) is 53.7 Å². The predicted octanol–water partition coefficient (Wildman–Crippen LogP) is 2.32. The summed E-state index contributed by atoms with van der Waals surface area (Å²) in [6, 6.07) is 10.6. The molecule has 0 aliphatic heterocycles. The maximum absolute atomic E-state index is 12.2. The molecule has 2 aromatic carbocycles. The Labute approximate surface area is 176 Å². The Balaban J connectivity index is 2.21. The van der Waals surface area contributed by atoms with E-state index in [4.69, 9.17) is 39.3 Å². The number of aromatic nitrogens is 2. The molecule has 1 amide bonds. The molecule has 1 unspecified atom stereocenters. The van der Waals surface area contributed by atoms with Gasteiger partial charge in [0.2, 0.25) is 15.9 Å². The van der Waals surface area contributed by atoms with E-state index < -0.39 is 21.8 Å². The van der Waals surface area contributed by atoms with Crippen LogP contribution in [0, 0.1) is 11.3 Å². The summed E-state index contributed by atoms with van der Waals surface area (Å²) < 4.78 is 25.6. The molecule has 1 heterocycles. The van der Waals surface area contributed by atoms with Gasteiger partial charge in [-0.05, 0) is 35.4 Å². The van der Waals surface area contributed by atoms with Crippen LogP contribution in [0.1, 0.15) is 22.6 Å². The van der Waals surface area contributed by atoms with Gasteiger partial charge in [-0.2, -0.15) is 10.4 Å². The maximum Gasteiger partial charge on any atom is 0.240 e. The zero-order chi connectivity index (χ0) is 21.3. The highest BCUT2D eigenvalue weighted by atomic mass is 35.5. The summed E-state index contributed by atoms with van der Waals surface area (Å²) >= 11 is 12.1. The lowest BCUT2D eigenvalue weighted by Crippen LogP contribution is -2.24. The monoisotopic (exact) mass is 449 g/mol. The topological polar surface area (TPSA) is 145 Å². The summed E-state index contributed by atoms with van der Waals surface area (Å²) in [5.41, 5.74) is 6.55. The van der Waals surface area contributed by atoms with E-state index in [1.165, 1.54) is 47.4 Å². The molecule has 0 aliphatic carbocycles. The van der Waals surface area contributed by atoms with Crippen molar-refractivity contribution in [3.8, 4) is 11.8 Å². The fourth-order valence-electron chi connectivity index (χ4n) is 2.87. The van der Waals surface area contributed by atoms with Gasteiger partial charge in [-0.1, -0.05) is 35.3 Å². The first-order valence-corrected chi connectivity index (χ1v) is 10.3. The summed E-state index contributed by atoms with van der Waals surface area (Å²) in [5.74, 6) is -1.78. The SMILES string of the molecule is N#Cc1cnn(-c2ccc(C(C(N)=O)c3ccc(Cl)cc3Cl)cc2S(N)(=O)=O)c1. The number of hydrogen-bond donors (Lipinski definition) is 2. The Morgan fingerprint density at radius 3 is 2.48 bits per heavy atom. The van der Waals surface area contributed by atoms with Gasteiger partial charge in [-0.25, -0.2) is 18.2 Å². The Morgan fingerprint density at radius 2 is 1.93 bits per heavy atom. The smallest absolute Gasteiger partial charge is 0.240 e. The van der Waals surface area contributed by atoms with E-state index in [0.29, 0.717) is 10.6 Å². The number of rotatable bonds is 5. The molecule has 3 rings (SSSR count). The molecule has 0 aliphatic rings. The second-order valence-corrected chi connectivity index (χ2v) is 8.43. The molecule has 0 saturated heterocycles. The van der Waals surface area contributed by atoms with Crippen molar-refractivity contribution >= 4 is 39.1 Å². The molecule has 1 aromatic heterocycles. The van der Waals surface area contributed by atoms with Crippen LogP contribution in [0.25, 0.3) is 5.69 Å². The zero-order valence-corrected chi connectivity index (χ0v) is 16.9. The van der Waals surface area contributed by atoms with Crippen molar-refractivity contribution in [1.29, 1.82) is 5.26 Å². The van der Waals surface area contributed by atoms with Gasteiger partial charge >= 0.3 is 0 Å². The van der Waals surface area contributed by atoms with Crippen LogP contribution < -0.4 is 10.9 Å². The molecule has 0 bridgehead atoms. The number of nitrogens with zero attached hydrogens (tertiary/aromatic N) is 3. The number of amides is 1. The van der Waals surface area contributed by atoms with Crippen LogP contribution in [0.4, 0.5) is 0 Å². The third-order valence-corrected chi connectivity index (χ3v) is 5.64. The number of carbonyl (C=O) groups is 1. The molecular formula is C18H13Cl2N5O3S. The van der Waals surface area contributed by atoms with Gasteiger partial charge in [0.05, 0.1) is 23.4 Å². The quantitative estimate of drug-likeness (QED) is 0.613. The van der Waals surface area contributed by atoms with E-state index in [9.17, 15) is 13.2 Å². The standard InChI is InChI=1S/C18H13Cl2N5O3S/c19-12-2-3-13(14(20)6-12)17(18(22)26)11-1-4-15(16(5-11)29(23,27)28)25-9-10(7-21)8-24-25/h1-6,8-9,17H,(H2,22,26)(H2,23,27,28). The molecule has 4 N–H and O–H groups in total. The lowest BCUT2D eigenvalue weighted by atomic mass is 9.90. The molecule has 148 valence electrons. The molecule has 0 fully saturated rings. The minimum atomic E-state index is -4.21. The van der Waals surface area contributed by atoms with Gasteiger partial charge in [-0.3, -0.25) is 4.79 Å². The first-order valence-electron chi connectivity index (χ1n) is 7.98. The van der Waals surface area contributed by atoms with Gasteiger partial charge in [0, 0.05) is 16.2 Å². The highest BCUT2D eigenvalue weighted by molar-refractivity contribution is 7.89. The van der Waals surface area contributed by atoms with E-state index >= 15 is 0 Å². The summed E-state index contributed by atoms with van der Waals surface area (Å²) in [6.45, 7) is 0. The van der Waals surface area contributed by atoms with Gasteiger partial charge in [0.25, 0.3) is 0 Å². The molecule has 0 radical (unpaired) electrons. The number of carbonyl (C=O) groups excluding carboxylic acids is 1. The molecule has 0 saturated carbocycles. The third kappa shape index (κ3) is 4.26. The molecule has 8 nitrogen and oxygen atoms in total. The predicted molar refractivity (Wildman–Crippen MR) is 107 cm³/mol. The normalized spacial score (nSPS) is 12.3. The van der Waals surface area contributed by atoms with Crippen LogP contribution in [-0.4, -0.2) is 24.1 Å². The minimum Gasteiger partial charge on any atom is -0.369 e. The lowest BCUT2D eigenvalue weighted by Gasteiger charge is -2.18. The fourth-order valence-corrected chi connectivity index (χ4v) is 4.14. The summed E-state index contributed by atoms with van der Waals surface area (Å²) in [5, 5.41) is 18.9. The van der Waals surface area contributed by atoms with Gasteiger partial charge in [-0.15, -0.1) is 0 Å². The highest BCUT2D eigenvalue weighted by Crippen LogP contribution is 2.34. The number of benzene rings is 2. The average Bonchev–Trinajstić information content (AvgIpc) is 3.12. The Morgan fingerprint density at radius 1 is 1.21 bits per heavy atom. The van der Waals surface area contributed by atoms with Gasteiger partial charge < -0.3 is 5.73 Å². The fraction of sp³-hybridized carbons (Fsp3) is 0.0556. The van der Waals surface area contributed by atoms with Crippen molar-refractivity contribution in [3.63, 3.8) is 0 Å². The lowest BCUT2D eigenvalue weighted by molar-refractivity contribution is -0.118. The minimum absolute atomic E-state index is 0.114. The summed E-state index contributed by atoms with van der Waals surface area (Å²) in [4.78, 5) is 11.9. The second kappa shape index (κ2) is 7.85.